The van der Waals surface area contributed by atoms with E-state index in [9.17, 15) is 14.0 Å². The van der Waals surface area contributed by atoms with Crippen LogP contribution < -0.4 is 9.47 Å². The molecule has 2 heterocycles. The number of carbonyl (C=O) groups excluding carboxylic acids is 2. The zero-order chi connectivity index (χ0) is 22.4. The maximum Gasteiger partial charge on any atom is 0.379 e. The lowest BCUT2D eigenvalue weighted by molar-refractivity contribution is 0.0703. The van der Waals surface area contributed by atoms with Gasteiger partial charge in [0.05, 0.1) is 10.6 Å². The average molecular weight is 449 g/mol. The smallest absolute Gasteiger partial charge is 0.379 e. The number of rotatable bonds is 3. The zero-order valence-electron chi connectivity index (χ0n) is 16.6. The molecule has 32 heavy (non-hydrogen) atoms. The van der Waals surface area contributed by atoms with Crippen LogP contribution in [0.4, 0.5) is 4.39 Å². The minimum atomic E-state index is -0.682. The van der Waals surface area contributed by atoms with Gasteiger partial charge in [0.1, 0.15) is 22.9 Å². The number of furan rings is 1. The van der Waals surface area contributed by atoms with Crippen molar-refractivity contribution in [1.82, 2.24) is 0 Å². The van der Waals surface area contributed by atoms with E-state index in [0.717, 1.165) is 5.39 Å². The number of aryl methyl sites for hydroxylation is 1. The number of hydrogen-bond acceptors (Lipinski definition) is 5. The van der Waals surface area contributed by atoms with Crippen LogP contribution in [0, 0.1) is 12.7 Å². The van der Waals surface area contributed by atoms with E-state index >= 15 is 0 Å². The Kier molecular flexibility index (Phi) is 4.79. The first-order valence-corrected chi connectivity index (χ1v) is 10.0. The summed E-state index contributed by atoms with van der Waals surface area (Å²) in [5.41, 5.74) is 1.48. The van der Waals surface area contributed by atoms with Crippen LogP contribution in [0.25, 0.3) is 17.0 Å². The molecule has 0 bridgehead atoms. The summed E-state index contributed by atoms with van der Waals surface area (Å²) in [6.07, 6.45) is 1.26. The fourth-order valence-electron chi connectivity index (χ4n) is 3.56. The lowest BCUT2D eigenvalue weighted by Crippen LogP contribution is -2.07. The van der Waals surface area contributed by atoms with Crippen LogP contribution in [0.2, 0.25) is 5.02 Å². The number of allylic oxidation sites excluding steroid dienone is 1. The lowest BCUT2D eigenvalue weighted by atomic mass is 10.0. The van der Waals surface area contributed by atoms with Gasteiger partial charge in [0, 0.05) is 17.0 Å². The van der Waals surface area contributed by atoms with Crippen LogP contribution in [0.1, 0.15) is 32.0 Å². The normalized spacial score (nSPS) is 14.0. The number of ketones is 1. The third-order valence-electron chi connectivity index (χ3n) is 5.06. The Morgan fingerprint density at radius 1 is 1.09 bits per heavy atom. The van der Waals surface area contributed by atoms with Crippen molar-refractivity contribution in [3.63, 3.8) is 0 Å². The summed E-state index contributed by atoms with van der Waals surface area (Å²) in [5.74, 6) is -1.29. The SMILES string of the molecule is Cc1cc(OC(=O)c2cc3ccccc3o2)cc2c1C(=O)/C(=C/c1c(F)cccc1Cl)O2. The van der Waals surface area contributed by atoms with Crippen molar-refractivity contribution >= 4 is 40.4 Å². The molecule has 0 fully saturated rings. The molecule has 7 heteroatoms. The van der Waals surface area contributed by atoms with Crippen LogP contribution in [-0.2, 0) is 0 Å². The molecule has 0 radical (unpaired) electrons. The molecule has 0 unspecified atom stereocenters. The van der Waals surface area contributed by atoms with Crippen molar-refractivity contribution in [2.45, 2.75) is 6.92 Å². The quantitative estimate of drug-likeness (QED) is 0.207. The number of para-hydroxylation sites is 1. The van der Waals surface area contributed by atoms with E-state index in [1.165, 1.54) is 30.3 Å². The van der Waals surface area contributed by atoms with Crippen LogP contribution >= 0.6 is 11.6 Å². The van der Waals surface area contributed by atoms with E-state index < -0.39 is 17.6 Å². The summed E-state index contributed by atoms with van der Waals surface area (Å²) >= 11 is 6.05. The number of esters is 1. The van der Waals surface area contributed by atoms with Gasteiger partial charge in [0.2, 0.25) is 11.5 Å². The summed E-state index contributed by atoms with van der Waals surface area (Å²) in [4.78, 5) is 25.4. The van der Waals surface area contributed by atoms with E-state index in [1.807, 2.05) is 12.1 Å². The molecule has 4 aromatic rings. The number of carbonyl (C=O) groups is 2. The standard InChI is InChI=1S/C25H14ClFO5/c1-13-9-15(30-25(29)22-10-14-5-2-3-8-19(14)31-22)11-20-23(13)24(28)21(32-20)12-16-17(26)6-4-7-18(16)27/h2-12H,1H3/b21-12-. The third kappa shape index (κ3) is 3.44. The van der Waals surface area contributed by atoms with Crippen molar-refractivity contribution in [2.75, 3.05) is 0 Å². The molecule has 1 aromatic heterocycles. The number of benzene rings is 3. The van der Waals surface area contributed by atoms with Gasteiger partial charge in [-0.25, -0.2) is 9.18 Å². The Morgan fingerprint density at radius 2 is 1.91 bits per heavy atom. The van der Waals surface area contributed by atoms with Crippen molar-refractivity contribution in [2.24, 2.45) is 0 Å². The van der Waals surface area contributed by atoms with Gasteiger partial charge in [0.25, 0.3) is 0 Å². The monoisotopic (exact) mass is 448 g/mol. The molecule has 0 saturated heterocycles. The van der Waals surface area contributed by atoms with Gasteiger partial charge in [0.15, 0.2) is 5.76 Å². The Bertz CT molecular complexity index is 1400. The fraction of sp³-hybridized carbons (Fsp3) is 0.0400. The van der Waals surface area contributed by atoms with Crippen molar-refractivity contribution < 1.29 is 27.9 Å². The molecule has 0 amide bonds. The van der Waals surface area contributed by atoms with Gasteiger partial charge in [-0.1, -0.05) is 35.9 Å². The van der Waals surface area contributed by atoms with Crippen molar-refractivity contribution in [3.05, 3.63) is 99.7 Å². The molecule has 0 aliphatic carbocycles. The molecule has 0 saturated carbocycles. The summed E-state index contributed by atoms with van der Waals surface area (Å²) < 4.78 is 30.8. The molecule has 5 rings (SSSR count). The van der Waals surface area contributed by atoms with E-state index in [-0.39, 0.29) is 33.6 Å². The molecular formula is C25H14ClFO5. The van der Waals surface area contributed by atoms with Crippen LogP contribution in [0.5, 0.6) is 11.5 Å². The van der Waals surface area contributed by atoms with Crippen LogP contribution in [0.15, 0.2) is 70.8 Å². The number of Topliss-reactive ketones (excluding diaryl/α,β-unsaturated/α-hetero) is 1. The predicted octanol–water partition coefficient (Wildman–Crippen LogP) is 6.37. The Balaban J connectivity index is 1.44. The van der Waals surface area contributed by atoms with Gasteiger partial charge >= 0.3 is 5.97 Å². The summed E-state index contributed by atoms with van der Waals surface area (Å²) in [7, 11) is 0. The van der Waals surface area contributed by atoms with E-state index in [0.29, 0.717) is 16.7 Å². The second-order valence-corrected chi connectivity index (χ2v) is 7.63. The highest BCUT2D eigenvalue weighted by Crippen LogP contribution is 2.38. The molecule has 1 aliphatic rings. The lowest BCUT2D eigenvalue weighted by Gasteiger charge is -2.06. The zero-order valence-corrected chi connectivity index (χ0v) is 17.4. The van der Waals surface area contributed by atoms with Gasteiger partial charge in [-0.05, 0) is 48.9 Å². The molecule has 158 valence electrons. The summed E-state index contributed by atoms with van der Waals surface area (Å²) in [5, 5.41) is 0.933. The van der Waals surface area contributed by atoms with Crippen molar-refractivity contribution in [1.29, 1.82) is 0 Å². The molecule has 3 aromatic carbocycles. The number of halogens is 2. The largest absolute Gasteiger partial charge is 0.452 e. The van der Waals surface area contributed by atoms with Crippen molar-refractivity contribution in [3.8, 4) is 11.5 Å². The van der Waals surface area contributed by atoms with Gasteiger partial charge in [-0.15, -0.1) is 0 Å². The fourth-order valence-corrected chi connectivity index (χ4v) is 3.77. The second kappa shape index (κ2) is 7.66. The van der Waals surface area contributed by atoms with Gasteiger partial charge in [-0.2, -0.15) is 0 Å². The van der Waals surface area contributed by atoms with Gasteiger partial charge in [-0.3, -0.25) is 4.79 Å². The highest BCUT2D eigenvalue weighted by molar-refractivity contribution is 6.32. The molecule has 0 N–H and O–H groups in total. The summed E-state index contributed by atoms with van der Waals surface area (Å²) in [6.45, 7) is 1.69. The van der Waals surface area contributed by atoms with Crippen LogP contribution in [0.3, 0.4) is 0 Å². The Morgan fingerprint density at radius 3 is 2.69 bits per heavy atom. The Labute approximate surface area is 186 Å². The minimum Gasteiger partial charge on any atom is -0.452 e. The van der Waals surface area contributed by atoms with Crippen LogP contribution in [-0.4, -0.2) is 11.8 Å². The summed E-state index contributed by atoms with van der Waals surface area (Å²) in [6, 6.07) is 16.0. The van der Waals surface area contributed by atoms with E-state index in [1.54, 1.807) is 31.2 Å². The number of ether oxygens (including phenoxy) is 2. The predicted molar refractivity (Wildman–Crippen MR) is 117 cm³/mol. The number of fused-ring (bicyclic) bond motifs is 2. The average Bonchev–Trinajstić information content (AvgIpc) is 3.32. The molecule has 5 nitrogen and oxygen atoms in total. The number of hydrogen-bond donors (Lipinski definition) is 0. The molecular weight excluding hydrogens is 435 g/mol. The molecule has 1 aliphatic heterocycles. The Hall–Kier alpha value is -3.90. The maximum absolute atomic E-state index is 14.1. The molecule has 0 atom stereocenters. The molecule has 0 spiro atoms. The first-order chi connectivity index (χ1) is 15.4. The third-order valence-corrected chi connectivity index (χ3v) is 5.39. The van der Waals surface area contributed by atoms with Gasteiger partial charge < -0.3 is 13.9 Å². The maximum atomic E-state index is 14.1. The highest BCUT2D eigenvalue weighted by Gasteiger charge is 2.31. The topological polar surface area (TPSA) is 65.7 Å². The first kappa shape index (κ1) is 20.0. The van der Waals surface area contributed by atoms with E-state index in [2.05, 4.69) is 0 Å². The minimum absolute atomic E-state index is 0.0520. The van der Waals surface area contributed by atoms with E-state index in [4.69, 9.17) is 25.5 Å². The first-order valence-electron chi connectivity index (χ1n) is 9.64. The highest BCUT2D eigenvalue weighted by atomic mass is 35.5. The second-order valence-electron chi connectivity index (χ2n) is 7.23.